The summed E-state index contributed by atoms with van der Waals surface area (Å²) in [4.78, 5) is 0. The van der Waals surface area contributed by atoms with Gasteiger partial charge in [0.1, 0.15) is 0 Å². The van der Waals surface area contributed by atoms with E-state index in [0.29, 0.717) is 0 Å². The Bertz CT molecular complexity index is 466. The molecule has 2 heteroatoms. The third-order valence-electron chi connectivity index (χ3n) is 2.26. The molecule has 0 amide bonds. The zero-order valence-electron chi connectivity index (χ0n) is 6.57. The Kier molecular flexibility index (Phi) is 0.987. The van der Waals surface area contributed by atoms with Gasteiger partial charge in [-0.05, 0) is 6.07 Å². The molecule has 0 bridgehead atoms. The van der Waals surface area contributed by atoms with Gasteiger partial charge < -0.3 is 0 Å². The smallest absolute Gasteiger partial charge is 0.0930 e. The largest absolute Gasteiger partial charge is 0.244 e. The molecule has 0 radical (unpaired) electrons. The molecule has 0 aliphatic carbocycles. The van der Waals surface area contributed by atoms with Crippen LogP contribution in [0.3, 0.4) is 0 Å². The SMILES string of the molecule is C1=Cn2nc3ccccc3c2C1. The van der Waals surface area contributed by atoms with Gasteiger partial charge in [-0.25, -0.2) is 4.68 Å². The minimum atomic E-state index is 1.01. The molecular formula is C10H8N2. The fourth-order valence-electron chi connectivity index (χ4n) is 1.70. The minimum Gasteiger partial charge on any atom is -0.244 e. The minimum absolute atomic E-state index is 1.01. The van der Waals surface area contributed by atoms with Crippen LogP contribution in [0.25, 0.3) is 17.1 Å². The fraction of sp³-hybridized carbons (Fsp3) is 0.100. The first-order valence-electron chi connectivity index (χ1n) is 4.08. The van der Waals surface area contributed by atoms with Gasteiger partial charge in [-0.2, -0.15) is 5.10 Å². The first kappa shape index (κ1) is 6.00. The van der Waals surface area contributed by atoms with Crippen LogP contribution in [-0.2, 0) is 6.42 Å². The number of nitrogens with zero attached hydrogens (tertiary/aromatic N) is 2. The standard InChI is InChI=1S/C10H8N2/c1-2-5-9-8(4-1)10-6-3-7-12(10)11-9/h1-5,7H,6H2. The van der Waals surface area contributed by atoms with Gasteiger partial charge in [-0.1, -0.05) is 24.3 Å². The van der Waals surface area contributed by atoms with E-state index in [9.17, 15) is 0 Å². The summed E-state index contributed by atoms with van der Waals surface area (Å²) in [5.74, 6) is 0. The Balaban J connectivity index is 2.49. The van der Waals surface area contributed by atoms with Gasteiger partial charge in [0.05, 0.1) is 11.2 Å². The van der Waals surface area contributed by atoms with Crippen molar-refractivity contribution in [2.45, 2.75) is 6.42 Å². The Labute approximate surface area is 70.1 Å². The van der Waals surface area contributed by atoms with Crippen molar-refractivity contribution in [1.29, 1.82) is 0 Å². The average Bonchev–Trinajstić information content (AvgIpc) is 2.62. The van der Waals surface area contributed by atoms with Gasteiger partial charge in [0, 0.05) is 18.0 Å². The molecule has 1 aliphatic rings. The predicted molar refractivity (Wildman–Crippen MR) is 48.8 cm³/mol. The molecule has 1 aliphatic heterocycles. The lowest BCUT2D eigenvalue weighted by atomic mass is 10.2. The van der Waals surface area contributed by atoms with Crippen LogP contribution in [-0.4, -0.2) is 9.78 Å². The van der Waals surface area contributed by atoms with Crippen molar-refractivity contribution in [2.24, 2.45) is 0 Å². The first-order chi connectivity index (χ1) is 5.95. The fourth-order valence-corrected chi connectivity index (χ4v) is 1.70. The van der Waals surface area contributed by atoms with Gasteiger partial charge in [-0.3, -0.25) is 0 Å². The van der Waals surface area contributed by atoms with Crippen LogP contribution in [0.1, 0.15) is 5.69 Å². The molecule has 0 saturated carbocycles. The molecule has 1 aromatic heterocycles. The Hall–Kier alpha value is -1.57. The van der Waals surface area contributed by atoms with Crippen LogP contribution in [0, 0.1) is 0 Å². The van der Waals surface area contributed by atoms with E-state index in [1.54, 1.807) is 0 Å². The van der Waals surface area contributed by atoms with E-state index in [-0.39, 0.29) is 0 Å². The highest BCUT2D eigenvalue weighted by atomic mass is 15.3. The Morgan fingerprint density at radius 1 is 1.25 bits per heavy atom. The van der Waals surface area contributed by atoms with Gasteiger partial charge in [0.2, 0.25) is 0 Å². The van der Waals surface area contributed by atoms with Gasteiger partial charge in [0.25, 0.3) is 0 Å². The van der Waals surface area contributed by atoms with E-state index in [1.807, 2.05) is 16.9 Å². The highest BCUT2D eigenvalue weighted by molar-refractivity contribution is 5.83. The van der Waals surface area contributed by atoms with E-state index in [4.69, 9.17) is 0 Å². The molecule has 2 nitrogen and oxygen atoms in total. The molecule has 0 spiro atoms. The number of hydrogen-bond donors (Lipinski definition) is 0. The molecule has 0 atom stereocenters. The lowest BCUT2D eigenvalue weighted by molar-refractivity contribution is 0.923. The van der Waals surface area contributed by atoms with Crippen molar-refractivity contribution in [3.05, 3.63) is 36.0 Å². The van der Waals surface area contributed by atoms with Crippen LogP contribution >= 0.6 is 0 Å². The van der Waals surface area contributed by atoms with E-state index in [1.165, 1.54) is 11.1 Å². The van der Waals surface area contributed by atoms with Crippen molar-refractivity contribution >= 4 is 17.1 Å². The molecule has 1 aromatic carbocycles. The zero-order chi connectivity index (χ0) is 7.97. The normalized spacial score (nSPS) is 14.0. The van der Waals surface area contributed by atoms with Gasteiger partial charge in [0.15, 0.2) is 0 Å². The predicted octanol–water partition coefficient (Wildman–Crippen LogP) is 2.06. The molecular weight excluding hydrogens is 148 g/mol. The topological polar surface area (TPSA) is 17.8 Å². The summed E-state index contributed by atoms with van der Waals surface area (Å²) >= 11 is 0. The Morgan fingerprint density at radius 3 is 3.17 bits per heavy atom. The lowest BCUT2D eigenvalue weighted by Gasteiger charge is -1.89. The lowest BCUT2D eigenvalue weighted by Crippen LogP contribution is -1.87. The Morgan fingerprint density at radius 2 is 2.17 bits per heavy atom. The maximum absolute atomic E-state index is 4.42. The van der Waals surface area contributed by atoms with Crippen molar-refractivity contribution < 1.29 is 0 Å². The van der Waals surface area contributed by atoms with E-state index >= 15 is 0 Å². The second-order valence-corrected chi connectivity index (χ2v) is 3.00. The summed E-state index contributed by atoms with van der Waals surface area (Å²) < 4.78 is 1.96. The van der Waals surface area contributed by atoms with Crippen molar-refractivity contribution in [2.75, 3.05) is 0 Å². The van der Waals surface area contributed by atoms with Crippen molar-refractivity contribution in [3.8, 4) is 0 Å². The molecule has 58 valence electrons. The molecule has 0 N–H and O–H groups in total. The van der Waals surface area contributed by atoms with Crippen LogP contribution in [0.2, 0.25) is 0 Å². The summed E-state index contributed by atoms with van der Waals surface area (Å²) in [5.41, 5.74) is 2.41. The molecule has 2 aromatic rings. The summed E-state index contributed by atoms with van der Waals surface area (Å²) in [7, 11) is 0. The van der Waals surface area contributed by atoms with Gasteiger partial charge >= 0.3 is 0 Å². The molecule has 12 heavy (non-hydrogen) atoms. The number of benzene rings is 1. The monoisotopic (exact) mass is 156 g/mol. The molecule has 0 saturated heterocycles. The molecule has 2 heterocycles. The zero-order valence-corrected chi connectivity index (χ0v) is 6.57. The van der Waals surface area contributed by atoms with Crippen molar-refractivity contribution in [3.63, 3.8) is 0 Å². The van der Waals surface area contributed by atoms with Crippen molar-refractivity contribution in [1.82, 2.24) is 9.78 Å². The second kappa shape index (κ2) is 1.97. The van der Waals surface area contributed by atoms with Crippen LogP contribution in [0.15, 0.2) is 30.3 Å². The number of fused-ring (bicyclic) bond motifs is 3. The summed E-state index contributed by atoms with van der Waals surface area (Å²) in [5, 5.41) is 5.70. The van der Waals surface area contributed by atoms with Crippen LogP contribution < -0.4 is 0 Å². The number of rotatable bonds is 0. The third kappa shape index (κ3) is 0.619. The second-order valence-electron chi connectivity index (χ2n) is 3.00. The highest BCUT2D eigenvalue weighted by Gasteiger charge is 2.10. The van der Waals surface area contributed by atoms with Crippen LogP contribution in [0.5, 0.6) is 0 Å². The maximum Gasteiger partial charge on any atom is 0.0930 e. The highest BCUT2D eigenvalue weighted by Crippen LogP contribution is 2.22. The van der Waals surface area contributed by atoms with E-state index in [0.717, 1.165) is 11.9 Å². The molecule has 0 unspecified atom stereocenters. The quantitative estimate of drug-likeness (QED) is 0.571. The maximum atomic E-state index is 4.42. The first-order valence-corrected chi connectivity index (χ1v) is 4.08. The molecule has 3 rings (SSSR count). The average molecular weight is 156 g/mol. The summed E-state index contributed by atoms with van der Waals surface area (Å²) in [6, 6.07) is 8.26. The third-order valence-corrected chi connectivity index (χ3v) is 2.26. The van der Waals surface area contributed by atoms with E-state index < -0.39 is 0 Å². The molecule has 0 fully saturated rings. The number of hydrogen-bond acceptors (Lipinski definition) is 1. The summed E-state index contributed by atoms with van der Waals surface area (Å²) in [6.45, 7) is 0. The van der Waals surface area contributed by atoms with E-state index in [2.05, 4.69) is 29.4 Å². The van der Waals surface area contributed by atoms with Gasteiger partial charge in [-0.15, -0.1) is 0 Å². The number of allylic oxidation sites excluding steroid dienone is 1. The van der Waals surface area contributed by atoms with Crippen LogP contribution in [0.4, 0.5) is 0 Å². The number of aromatic nitrogens is 2. The summed E-state index contributed by atoms with van der Waals surface area (Å²) in [6.07, 6.45) is 5.17.